The minimum absolute atomic E-state index is 0.215. The van der Waals surface area contributed by atoms with E-state index in [9.17, 15) is 4.79 Å². The highest BCUT2D eigenvalue weighted by molar-refractivity contribution is 5.80. The van der Waals surface area contributed by atoms with Gasteiger partial charge < -0.3 is 0 Å². The maximum absolute atomic E-state index is 11.0. The van der Waals surface area contributed by atoms with Crippen LogP contribution in [0.3, 0.4) is 0 Å². The third-order valence-corrected chi connectivity index (χ3v) is 2.76. The zero-order valence-corrected chi connectivity index (χ0v) is 14.0. The third-order valence-electron chi connectivity index (χ3n) is 2.76. The molecule has 18 heavy (non-hydrogen) atoms. The Morgan fingerprint density at radius 1 is 0.889 bits per heavy atom. The summed E-state index contributed by atoms with van der Waals surface area (Å²) in [6, 6.07) is 0. The van der Waals surface area contributed by atoms with Gasteiger partial charge in [0, 0.05) is 12.3 Å². The maximum Gasteiger partial charge on any atom is 0.135 e. The molecule has 0 spiro atoms. The van der Waals surface area contributed by atoms with E-state index in [0.29, 0.717) is 23.5 Å². The van der Waals surface area contributed by atoms with Crippen molar-refractivity contribution < 1.29 is 4.79 Å². The molecular weight excluding hydrogens is 220 g/mol. The van der Waals surface area contributed by atoms with Gasteiger partial charge in [0.1, 0.15) is 5.78 Å². The number of ketones is 1. The number of hydrogen-bond acceptors (Lipinski definition) is 1. The molecule has 108 valence electrons. The Morgan fingerprint density at radius 3 is 1.44 bits per heavy atom. The highest BCUT2D eigenvalue weighted by atomic mass is 16.1. The molecule has 0 aliphatic rings. The fraction of sp³-hybridized carbons (Fsp3) is 0.824. The van der Waals surface area contributed by atoms with Crippen molar-refractivity contribution in [2.45, 2.75) is 68.7 Å². The van der Waals surface area contributed by atoms with Gasteiger partial charge in [0.2, 0.25) is 0 Å². The van der Waals surface area contributed by atoms with Crippen LogP contribution < -0.4 is 0 Å². The summed E-state index contributed by atoms with van der Waals surface area (Å²) in [5.74, 6) is 2.53. The monoisotopic (exact) mass is 254 g/mol. The molecule has 1 heteroatoms. The second-order valence-corrected chi connectivity index (χ2v) is 6.53. The smallest absolute Gasteiger partial charge is 0.135 e. The van der Waals surface area contributed by atoms with Crippen LogP contribution in [0.2, 0.25) is 0 Å². The Hall–Kier alpha value is -0.590. The number of rotatable bonds is 5. The van der Waals surface area contributed by atoms with Gasteiger partial charge in [-0.1, -0.05) is 67.0 Å². The number of allylic oxidation sites excluding steroid dienone is 2. The second-order valence-electron chi connectivity index (χ2n) is 6.53. The Kier molecular flexibility index (Phi) is 11.3. The zero-order chi connectivity index (χ0) is 14.9. The topological polar surface area (TPSA) is 17.1 Å². The van der Waals surface area contributed by atoms with Crippen LogP contribution in [0.1, 0.15) is 68.7 Å². The Bertz CT molecular complexity index is 244. The summed E-state index contributed by atoms with van der Waals surface area (Å²) < 4.78 is 0. The van der Waals surface area contributed by atoms with E-state index in [4.69, 9.17) is 0 Å². The van der Waals surface area contributed by atoms with Gasteiger partial charge >= 0.3 is 0 Å². The van der Waals surface area contributed by atoms with Crippen LogP contribution in [0.5, 0.6) is 0 Å². The molecule has 0 aliphatic heterocycles. The van der Waals surface area contributed by atoms with Crippen molar-refractivity contribution in [3.63, 3.8) is 0 Å². The van der Waals surface area contributed by atoms with Crippen LogP contribution in [0.25, 0.3) is 0 Å². The van der Waals surface area contributed by atoms with E-state index < -0.39 is 0 Å². The van der Waals surface area contributed by atoms with Crippen LogP contribution in [0.4, 0.5) is 0 Å². The Balaban J connectivity index is 0. The number of carbonyl (C=O) groups excluding carboxylic acids is 1. The lowest BCUT2D eigenvalue weighted by Crippen LogP contribution is -2.09. The molecule has 0 heterocycles. The summed E-state index contributed by atoms with van der Waals surface area (Å²) >= 11 is 0. The minimum atomic E-state index is 0.215. The highest BCUT2D eigenvalue weighted by Gasteiger charge is 2.07. The lowest BCUT2D eigenvalue weighted by Gasteiger charge is -2.05. The summed E-state index contributed by atoms with van der Waals surface area (Å²) in [5, 5.41) is 0. The summed E-state index contributed by atoms with van der Waals surface area (Å²) in [6.45, 7) is 19.1. The first-order valence-electron chi connectivity index (χ1n) is 7.28. The average molecular weight is 254 g/mol. The molecule has 0 atom stereocenters. The van der Waals surface area contributed by atoms with Gasteiger partial charge in [0.25, 0.3) is 0 Å². The van der Waals surface area contributed by atoms with Crippen LogP contribution >= 0.6 is 0 Å². The summed E-state index contributed by atoms with van der Waals surface area (Å²) in [4.78, 5) is 11.0. The van der Waals surface area contributed by atoms with E-state index in [1.54, 1.807) is 0 Å². The first kappa shape index (κ1) is 19.7. The third kappa shape index (κ3) is 13.5. The molecule has 0 N–H and O–H groups in total. The standard InChI is InChI=1S/C9H18.C8H16O/c1-7(2)6-9(5)8(3)4;1-6(2)5-8(9)7(3)4/h6-8H,1-5H3;6-7H,5H2,1-4H3/b9-6-;. The van der Waals surface area contributed by atoms with Crippen molar-refractivity contribution in [3.8, 4) is 0 Å². The van der Waals surface area contributed by atoms with Gasteiger partial charge in [-0.15, -0.1) is 0 Å². The lowest BCUT2D eigenvalue weighted by atomic mass is 9.99. The molecule has 0 fully saturated rings. The van der Waals surface area contributed by atoms with E-state index in [2.05, 4.69) is 54.5 Å². The molecule has 0 amide bonds. The quantitative estimate of drug-likeness (QED) is 0.592. The normalized spacial score (nSPS) is 12.2. The predicted octanol–water partition coefficient (Wildman–Crippen LogP) is 5.50. The van der Waals surface area contributed by atoms with Crippen LogP contribution in [0.15, 0.2) is 11.6 Å². The van der Waals surface area contributed by atoms with Crippen LogP contribution in [-0.2, 0) is 4.79 Å². The number of carbonyl (C=O) groups is 1. The van der Waals surface area contributed by atoms with Gasteiger partial charge in [-0.25, -0.2) is 0 Å². The molecule has 0 aromatic carbocycles. The summed E-state index contributed by atoms with van der Waals surface area (Å²) in [5.41, 5.74) is 1.50. The largest absolute Gasteiger partial charge is 0.299 e. The van der Waals surface area contributed by atoms with Crippen LogP contribution in [-0.4, -0.2) is 5.78 Å². The van der Waals surface area contributed by atoms with Crippen molar-refractivity contribution >= 4 is 5.78 Å². The molecule has 0 bridgehead atoms. The van der Waals surface area contributed by atoms with Crippen molar-refractivity contribution in [2.75, 3.05) is 0 Å². The molecule has 0 aromatic heterocycles. The number of Topliss-reactive ketones (excluding diaryl/α,β-unsaturated/α-hetero) is 1. The van der Waals surface area contributed by atoms with Crippen molar-refractivity contribution in [1.29, 1.82) is 0 Å². The van der Waals surface area contributed by atoms with Gasteiger partial charge in [-0.3, -0.25) is 4.79 Å². The predicted molar refractivity (Wildman–Crippen MR) is 82.7 cm³/mol. The van der Waals surface area contributed by atoms with Gasteiger partial charge in [0.05, 0.1) is 0 Å². The van der Waals surface area contributed by atoms with Crippen molar-refractivity contribution in [2.24, 2.45) is 23.7 Å². The molecule has 0 aliphatic carbocycles. The van der Waals surface area contributed by atoms with E-state index in [1.807, 2.05) is 13.8 Å². The molecule has 0 unspecified atom stereocenters. The highest BCUT2D eigenvalue weighted by Crippen LogP contribution is 2.10. The Morgan fingerprint density at radius 2 is 1.33 bits per heavy atom. The fourth-order valence-corrected chi connectivity index (χ4v) is 1.36. The van der Waals surface area contributed by atoms with Crippen molar-refractivity contribution in [3.05, 3.63) is 11.6 Å². The Labute approximate surface area is 115 Å². The molecule has 0 saturated heterocycles. The van der Waals surface area contributed by atoms with Gasteiger partial charge in [-0.2, -0.15) is 0 Å². The van der Waals surface area contributed by atoms with Gasteiger partial charge in [0.15, 0.2) is 0 Å². The molecular formula is C17H34O. The van der Waals surface area contributed by atoms with Crippen LogP contribution in [0, 0.1) is 23.7 Å². The van der Waals surface area contributed by atoms with Gasteiger partial charge in [-0.05, 0) is 24.7 Å². The summed E-state index contributed by atoms with van der Waals surface area (Å²) in [6.07, 6.45) is 3.06. The minimum Gasteiger partial charge on any atom is -0.299 e. The van der Waals surface area contributed by atoms with Crippen molar-refractivity contribution in [1.82, 2.24) is 0 Å². The zero-order valence-electron chi connectivity index (χ0n) is 14.0. The SMILES string of the molecule is C/C(=C/C(C)C)C(C)C.CC(C)CC(=O)C(C)C. The molecule has 0 saturated carbocycles. The first-order valence-corrected chi connectivity index (χ1v) is 7.28. The molecule has 0 aromatic rings. The molecule has 1 nitrogen and oxygen atoms in total. The average Bonchev–Trinajstić information content (AvgIpc) is 2.16. The first-order chi connectivity index (χ1) is 8.07. The molecule has 0 radical (unpaired) electrons. The number of hydrogen-bond donors (Lipinski definition) is 0. The van der Waals surface area contributed by atoms with E-state index >= 15 is 0 Å². The second kappa shape index (κ2) is 10.3. The maximum atomic E-state index is 11.0. The lowest BCUT2D eigenvalue weighted by molar-refractivity contribution is -0.122. The van der Waals surface area contributed by atoms with E-state index in [1.165, 1.54) is 5.57 Å². The summed E-state index contributed by atoms with van der Waals surface area (Å²) in [7, 11) is 0. The van der Waals surface area contributed by atoms with E-state index in [-0.39, 0.29) is 5.92 Å². The molecule has 0 rings (SSSR count). The fourth-order valence-electron chi connectivity index (χ4n) is 1.36. The van der Waals surface area contributed by atoms with E-state index in [0.717, 1.165) is 6.42 Å².